The second-order valence-electron chi connectivity index (χ2n) is 5.02. The van der Waals surface area contributed by atoms with E-state index in [2.05, 4.69) is 15.2 Å². The van der Waals surface area contributed by atoms with Gasteiger partial charge in [-0.15, -0.1) is 5.10 Å². The van der Waals surface area contributed by atoms with Gasteiger partial charge in [-0.2, -0.15) is 5.10 Å². The van der Waals surface area contributed by atoms with E-state index in [0.29, 0.717) is 31.9 Å². The number of fused-ring (bicyclic) bond motifs is 1. The third kappa shape index (κ3) is 2.98. The number of carboxylic acids is 1. The Labute approximate surface area is 131 Å². The van der Waals surface area contributed by atoms with Crippen LogP contribution in [0.5, 0.6) is 0 Å². The minimum atomic E-state index is -1.11. The highest BCUT2D eigenvalue weighted by atomic mass is 16.6. The third-order valence-corrected chi connectivity index (χ3v) is 3.52. The molecule has 0 bridgehead atoms. The van der Waals surface area contributed by atoms with Crippen LogP contribution in [0.1, 0.15) is 28.7 Å². The van der Waals surface area contributed by atoms with Gasteiger partial charge in [0.1, 0.15) is 6.33 Å². The monoisotopic (exact) mass is 317 g/mol. The summed E-state index contributed by atoms with van der Waals surface area (Å²) in [6, 6.07) is 1.78. The second kappa shape index (κ2) is 6.03. The molecule has 0 atom stereocenters. The van der Waals surface area contributed by atoms with Gasteiger partial charge in [0.2, 0.25) is 0 Å². The molecule has 3 heterocycles. The van der Waals surface area contributed by atoms with Gasteiger partial charge >= 0.3 is 12.1 Å². The quantitative estimate of drug-likeness (QED) is 0.894. The minimum absolute atomic E-state index is 0.0716. The maximum Gasteiger partial charge on any atom is 0.410 e. The molecule has 0 radical (unpaired) electrons. The fraction of sp³-hybridized carbons (Fsp3) is 0.357. The van der Waals surface area contributed by atoms with Crippen molar-refractivity contribution >= 4 is 12.1 Å². The topological polar surface area (TPSA) is 110 Å². The van der Waals surface area contributed by atoms with Crippen molar-refractivity contribution in [3.63, 3.8) is 0 Å². The second-order valence-corrected chi connectivity index (χ2v) is 5.02. The van der Waals surface area contributed by atoms with Crippen LogP contribution in [0.4, 0.5) is 4.79 Å². The number of aromatic nitrogens is 4. The highest BCUT2D eigenvalue weighted by Crippen LogP contribution is 2.19. The van der Waals surface area contributed by atoms with Gasteiger partial charge < -0.3 is 14.7 Å². The van der Waals surface area contributed by atoms with E-state index in [1.54, 1.807) is 17.9 Å². The summed E-state index contributed by atoms with van der Waals surface area (Å²) in [5, 5.41) is 17.2. The van der Waals surface area contributed by atoms with Crippen LogP contribution in [0.2, 0.25) is 0 Å². The zero-order chi connectivity index (χ0) is 16.4. The van der Waals surface area contributed by atoms with Gasteiger partial charge in [-0.05, 0) is 18.6 Å². The van der Waals surface area contributed by atoms with Crippen LogP contribution in [-0.2, 0) is 17.7 Å². The number of rotatable bonds is 3. The lowest BCUT2D eigenvalue weighted by Crippen LogP contribution is -2.37. The first kappa shape index (κ1) is 14.9. The van der Waals surface area contributed by atoms with Crippen LogP contribution in [0.25, 0.3) is 5.82 Å². The first-order chi connectivity index (χ1) is 11.1. The van der Waals surface area contributed by atoms with Gasteiger partial charge in [0.15, 0.2) is 11.5 Å². The third-order valence-electron chi connectivity index (χ3n) is 3.52. The van der Waals surface area contributed by atoms with Crippen molar-refractivity contribution in [2.75, 3.05) is 13.2 Å². The fourth-order valence-electron chi connectivity index (χ4n) is 2.37. The van der Waals surface area contributed by atoms with Crippen LogP contribution in [0.3, 0.4) is 0 Å². The van der Waals surface area contributed by atoms with Crippen molar-refractivity contribution in [2.24, 2.45) is 0 Å². The number of amides is 1. The van der Waals surface area contributed by atoms with Crippen LogP contribution in [0, 0.1) is 0 Å². The number of imidazole rings is 1. The first-order valence-electron chi connectivity index (χ1n) is 7.13. The van der Waals surface area contributed by atoms with Gasteiger partial charge in [-0.1, -0.05) is 0 Å². The van der Waals surface area contributed by atoms with Crippen molar-refractivity contribution in [3.05, 3.63) is 35.5 Å². The van der Waals surface area contributed by atoms with Crippen LogP contribution < -0.4 is 0 Å². The molecule has 9 heteroatoms. The Morgan fingerprint density at radius 2 is 2.22 bits per heavy atom. The predicted molar refractivity (Wildman–Crippen MR) is 77.2 cm³/mol. The Morgan fingerprint density at radius 3 is 2.91 bits per heavy atom. The molecule has 3 rings (SSSR count). The Kier molecular flexibility index (Phi) is 3.92. The number of carbonyl (C=O) groups excluding carboxylic acids is 1. The summed E-state index contributed by atoms with van der Waals surface area (Å²) in [6.45, 7) is 3.01. The molecule has 0 aromatic carbocycles. The SMILES string of the molecule is CCOC(=O)N1CCc2nnc(-n3cnc(C(=O)O)c3)cc2C1. The van der Waals surface area contributed by atoms with Crippen molar-refractivity contribution < 1.29 is 19.4 Å². The van der Waals surface area contributed by atoms with Crippen molar-refractivity contribution in [1.29, 1.82) is 0 Å². The van der Waals surface area contributed by atoms with Gasteiger partial charge in [-0.3, -0.25) is 4.57 Å². The molecule has 23 heavy (non-hydrogen) atoms. The summed E-state index contributed by atoms with van der Waals surface area (Å²) in [5.41, 5.74) is 1.62. The summed E-state index contributed by atoms with van der Waals surface area (Å²) in [7, 11) is 0. The summed E-state index contributed by atoms with van der Waals surface area (Å²) in [6.07, 6.45) is 2.98. The number of ether oxygens (including phenoxy) is 1. The summed E-state index contributed by atoms with van der Waals surface area (Å²) < 4.78 is 6.50. The van der Waals surface area contributed by atoms with E-state index in [4.69, 9.17) is 9.84 Å². The molecule has 0 saturated heterocycles. The molecule has 0 saturated carbocycles. The van der Waals surface area contributed by atoms with Gasteiger partial charge in [-0.25, -0.2) is 14.6 Å². The van der Waals surface area contributed by atoms with Crippen molar-refractivity contribution in [2.45, 2.75) is 19.9 Å². The maximum absolute atomic E-state index is 11.8. The number of nitrogens with zero attached hydrogens (tertiary/aromatic N) is 5. The van der Waals surface area contributed by atoms with Crippen molar-refractivity contribution in [1.82, 2.24) is 24.6 Å². The average molecular weight is 317 g/mol. The van der Waals surface area contributed by atoms with Crippen LogP contribution in [-0.4, -0.2) is 55.0 Å². The normalized spacial score (nSPS) is 13.5. The number of carbonyl (C=O) groups is 2. The van der Waals surface area contributed by atoms with Crippen LogP contribution >= 0.6 is 0 Å². The molecule has 1 N–H and O–H groups in total. The van der Waals surface area contributed by atoms with E-state index in [1.165, 1.54) is 17.1 Å². The maximum atomic E-state index is 11.8. The molecule has 1 aliphatic rings. The highest BCUT2D eigenvalue weighted by Gasteiger charge is 2.23. The molecule has 2 aromatic rings. The molecule has 2 aromatic heterocycles. The number of aromatic carboxylic acids is 1. The fourth-order valence-corrected chi connectivity index (χ4v) is 2.37. The largest absolute Gasteiger partial charge is 0.476 e. The lowest BCUT2D eigenvalue weighted by Gasteiger charge is -2.27. The standard InChI is InChI=1S/C14H15N5O4/c1-2-23-14(22)18-4-3-10-9(6-18)5-12(17-16-10)19-7-11(13(20)21)15-8-19/h5,7-8H,2-4,6H2,1H3,(H,20,21). The van der Waals surface area contributed by atoms with E-state index in [-0.39, 0.29) is 11.8 Å². The summed E-state index contributed by atoms with van der Waals surface area (Å²) in [5.74, 6) is -0.655. The van der Waals surface area contributed by atoms with Gasteiger partial charge in [0.05, 0.1) is 18.8 Å². The minimum Gasteiger partial charge on any atom is -0.476 e. The Hall–Kier alpha value is -2.97. The molecule has 120 valence electrons. The van der Waals surface area contributed by atoms with E-state index in [1.807, 2.05) is 0 Å². The lowest BCUT2D eigenvalue weighted by molar-refractivity contribution is 0.0691. The van der Waals surface area contributed by atoms with Gasteiger partial charge in [0.25, 0.3) is 0 Å². The van der Waals surface area contributed by atoms with Gasteiger partial charge in [0, 0.05) is 19.2 Å². The first-order valence-corrected chi connectivity index (χ1v) is 7.13. The Morgan fingerprint density at radius 1 is 1.39 bits per heavy atom. The summed E-state index contributed by atoms with van der Waals surface area (Å²) in [4.78, 5) is 28.1. The van der Waals surface area contributed by atoms with E-state index in [9.17, 15) is 9.59 Å². The molecular formula is C14H15N5O4. The van der Waals surface area contributed by atoms with Crippen molar-refractivity contribution in [3.8, 4) is 5.82 Å². The Bertz CT molecular complexity index is 757. The van der Waals surface area contributed by atoms with E-state index < -0.39 is 5.97 Å². The van der Waals surface area contributed by atoms with E-state index >= 15 is 0 Å². The molecule has 0 spiro atoms. The highest BCUT2D eigenvalue weighted by molar-refractivity contribution is 5.85. The molecule has 0 fully saturated rings. The number of hydrogen-bond donors (Lipinski definition) is 1. The lowest BCUT2D eigenvalue weighted by atomic mass is 10.1. The molecule has 0 aliphatic carbocycles. The average Bonchev–Trinajstić information content (AvgIpc) is 3.04. The molecular weight excluding hydrogens is 302 g/mol. The predicted octanol–water partition coefficient (Wildman–Crippen LogP) is 0.875. The summed E-state index contributed by atoms with van der Waals surface area (Å²) >= 11 is 0. The number of carboxylic acid groups (broad SMARTS) is 1. The molecule has 1 amide bonds. The molecule has 0 unspecified atom stereocenters. The molecule has 1 aliphatic heterocycles. The zero-order valence-corrected chi connectivity index (χ0v) is 12.5. The number of hydrogen-bond acceptors (Lipinski definition) is 6. The van der Waals surface area contributed by atoms with Crippen LogP contribution in [0.15, 0.2) is 18.6 Å². The molecule has 9 nitrogen and oxygen atoms in total. The van der Waals surface area contributed by atoms with E-state index in [0.717, 1.165) is 11.3 Å². The smallest absolute Gasteiger partial charge is 0.410 e. The Balaban J connectivity index is 1.85. The zero-order valence-electron chi connectivity index (χ0n) is 12.5.